The van der Waals surface area contributed by atoms with Crippen LogP contribution in [0.15, 0.2) is 0 Å². The van der Waals surface area contributed by atoms with Crippen molar-refractivity contribution in [2.45, 2.75) is 58.1 Å². The predicted molar refractivity (Wildman–Crippen MR) is 84.5 cm³/mol. The van der Waals surface area contributed by atoms with Crippen molar-refractivity contribution in [3.05, 3.63) is 0 Å². The highest BCUT2D eigenvalue weighted by molar-refractivity contribution is 7.98. The maximum atomic E-state index is 12.5. The van der Waals surface area contributed by atoms with E-state index < -0.39 is 17.2 Å². The molecule has 0 aromatic rings. The SMILES string of the molecule is CCOC(=O)[C@]1(CCSC)CCCN1C(=O)OC(C)(C)C. The Bertz CT molecular complexity index is 380. The summed E-state index contributed by atoms with van der Waals surface area (Å²) in [6.07, 6.45) is 3.62. The van der Waals surface area contributed by atoms with Crippen LogP contribution in [0.5, 0.6) is 0 Å². The topological polar surface area (TPSA) is 55.8 Å². The Morgan fingerprint density at radius 2 is 2.00 bits per heavy atom. The third kappa shape index (κ3) is 4.53. The van der Waals surface area contributed by atoms with Crippen LogP contribution < -0.4 is 0 Å². The highest BCUT2D eigenvalue weighted by Crippen LogP contribution is 2.36. The standard InChI is InChI=1S/C15H27NO4S/c1-6-19-12(17)15(9-11-21-5)8-7-10-16(15)13(18)20-14(2,3)4/h6-11H2,1-5H3/t15-/m1/s1. The molecular formula is C15H27NO4S. The zero-order chi connectivity index (χ0) is 16.1. The van der Waals surface area contributed by atoms with E-state index >= 15 is 0 Å². The van der Waals surface area contributed by atoms with Crippen LogP contribution in [0.2, 0.25) is 0 Å². The number of likely N-dealkylation sites (tertiary alicyclic amines) is 1. The third-order valence-electron chi connectivity index (χ3n) is 3.48. The molecule has 0 aromatic heterocycles. The smallest absolute Gasteiger partial charge is 0.411 e. The van der Waals surface area contributed by atoms with Crippen LogP contribution >= 0.6 is 11.8 Å². The average molecular weight is 317 g/mol. The molecule has 0 bridgehead atoms. The van der Waals surface area contributed by atoms with Crippen LogP contribution in [0.25, 0.3) is 0 Å². The molecule has 0 aromatic carbocycles. The number of carbonyl (C=O) groups excluding carboxylic acids is 2. The lowest BCUT2D eigenvalue weighted by molar-refractivity contribution is -0.156. The number of carbonyl (C=O) groups is 2. The number of ether oxygens (including phenoxy) is 2. The summed E-state index contributed by atoms with van der Waals surface area (Å²) < 4.78 is 10.7. The van der Waals surface area contributed by atoms with E-state index in [1.54, 1.807) is 23.6 Å². The quantitative estimate of drug-likeness (QED) is 0.729. The lowest BCUT2D eigenvalue weighted by Crippen LogP contribution is -2.55. The third-order valence-corrected chi connectivity index (χ3v) is 4.09. The highest BCUT2D eigenvalue weighted by atomic mass is 32.2. The van der Waals surface area contributed by atoms with Gasteiger partial charge in [-0.3, -0.25) is 4.90 Å². The number of hydrogen-bond donors (Lipinski definition) is 0. The number of esters is 1. The second-order valence-electron chi connectivity index (χ2n) is 6.23. The molecule has 0 radical (unpaired) electrons. The molecule has 6 heteroatoms. The highest BCUT2D eigenvalue weighted by Gasteiger charge is 2.51. The van der Waals surface area contributed by atoms with Gasteiger partial charge in [-0.15, -0.1) is 0 Å². The molecule has 1 fully saturated rings. The van der Waals surface area contributed by atoms with Crippen molar-refractivity contribution in [1.29, 1.82) is 0 Å². The molecule has 122 valence electrons. The first kappa shape index (κ1) is 18.1. The van der Waals surface area contributed by atoms with Gasteiger partial charge in [0.1, 0.15) is 11.1 Å². The normalized spacial score (nSPS) is 22.2. The van der Waals surface area contributed by atoms with Gasteiger partial charge in [-0.05, 0) is 59.0 Å². The number of amides is 1. The largest absolute Gasteiger partial charge is 0.464 e. The van der Waals surface area contributed by atoms with E-state index in [1.807, 2.05) is 27.0 Å². The van der Waals surface area contributed by atoms with Gasteiger partial charge in [-0.1, -0.05) is 0 Å². The van der Waals surface area contributed by atoms with E-state index in [0.29, 0.717) is 26.0 Å². The first-order valence-electron chi connectivity index (χ1n) is 7.43. The first-order chi connectivity index (χ1) is 9.77. The molecule has 1 atom stereocenters. The zero-order valence-corrected chi connectivity index (χ0v) is 14.5. The number of hydrogen-bond acceptors (Lipinski definition) is 5. The zero-order valence-electron chi connectivity index (χ0n) is 13.7. The van der Waals surface area contributed by atoms with Crippen molar-refractivity contribution >= 4 is 23.8 Å². The van der Waals surface area contributed by atoms with Crippen molar-refractivity contribution in [2.24, 2.45) is 0 Å². The van der Waals surface area contributed by atoms with Crippen molar-refractivity contribution in [3.8, 4) is 0 Å². The average Bonchev–Trinajstić information content (AvgIpc) is 2.79. The van der Waals surface area contributed by atoms with Crippen LogP contribution in [-0.4, -0.2) is 53.3 Å². The van der Waals surface area contributed by atoms with Crippen LogP contribution in [0.4, 0.5) is 4.79 Å². The fourth-order valence-corrected chi connectivity index (χ4v) is 3.11. The molecule has 0 aliphatic carbocycles. The summed E-state index contributed by atoms with van der Waals surface area (Å²) in [7, 11) is 0. The van der Waals surface area contributed by atoms with E-state index in [-0.39, 0.29) is 5.97 Å². The molecule has 21 heavy (non-hydrogen) atoms. The lowest BCUT2D eigenvalue weighted by Gasteiger charge is -2.37. The molecule has 0 unspecified atom stereocenters. The Kier molecular flexibility index (Phi) is 6.38. The molecule has 5 nitrogen and oxygen atoms in total. The second-order valence-corrected chi connectivity index (χ2v) is 7.22. The molecule has 0 spiro atoms. The molecule has 1 aliphatic rings. The van der Waals surface area contributed by atoms with Crippen molar-refractivity contribution < 1.29 is 19.1 Å². The summed E-state index contributed by atoms with van der Waals surface area (Å²) in [5.74, 6) is 0.500. The summed E-state index contributed by atoms with van der Waals surface area (Å²) in [5, 5.41) is 0. The summed E-state index contributed by atoms with van der Waals surface area (Å²) in [4.78, 5) is 26.5. The van der Waals surface area contributed by atoms with Crippen LogP contribution in [0.3, 0.4) is 0 Å². The van der Waals surface area contributed by atoms with E-state index in [9.17, 15) is 9.59 Å². The Labute approximate surface area is 131 Å². The van der Waals surface area contributed by atoms with Gasteiger partial charge < -0.3 is 9.47 Å². The fourth-order valence-electron chi connectivity index (χ4n) is 2.57. The molecule has 1 heterocycles. The van der Waals surface area contributed by atoms with Crippen LogP contribution in [-0.2, 0) is 14.3 Å². The van der Waals surface area contributed by atoms with Gasteiger partial charge in [0, 0.05) is 6.54 Å². The van der Waals surface area contributed by atoms with E-state index in [0.717, 1.165) is 12.2 Å². The molecule has 0 saturated carbocycles. The maximum Gasteiger partial charge on any atom is 0.411 e. The minimum absolute atomic E-state index is 0.303. The molecule has 1 aliphatic heterocycles. The minimum Gasteiger partial charge on any atom is -0.464 e. The molecule has 1 saturated heterocycles. The van der Waals surface area contributed by atoms with Gasteiger partial charge >= 0.3 is 12.1 Å². The van der Waals surface area contributed by atoms with Gasteiger partial charge in [-0.2, -0.15) is 11.8 Å². The minimum atomic E-state index is -0.860. The summed E-state index contributed by atoms with van der Waals surface area (Å²) in [6.45, 7) is 8.13. The van der Waals surface area contributed by atoms with Crippen molar-refractivity contribution in [3.63, 3.8) is 0 Å². The van der Waals surface area contributed by atoms with Gasteiger partial charge in [0.15, 0.2) is 0 Å². The predicted octanol–water partition coefficient (Wildman–Crippen LogP) is 3.07. The maximum absolute atomic E-state index is 12.5. The number of thioether (sulfide) groups is 1. The Morgan fingerprint density at radius 3 is 2.52 bits per heavy atom. The lowest BCUT2D eigenvalue weighted by atomic mass is 9.93. The Hall–Kier alpha value is -0.910. The van der Waals surface area contributed by atoms with Gasteiger partial charge in [0.2, 0.25) is 0 Å². The fraction of sp³-hybridized carbons (Fsp3) is 0.867. The summed E-state index contributed by atoms with van der Waals surface area (Å²) in [6, 6.07) is 0. The second kappa shape index (κ2) is 7.38. The van der Waals surface area contributed by atoms with Gasteiger partial charge in [0.05, 0.1) is 6.61 Å². The molecular weight excluding hydrogens is 290 g/mol. The Morgan fingerprint density at radius 1 is 1.33 bits per heavy atom. The van der Waals surface area contributed by atoms with Crippen LogP contribution in [0.1, 0.15) is 47.0 Å². The van der Waals surface area contributed by atoms with Crippen molar-refractivity contribution in [2.75, 3.05) is 25.2 Å². The summed E-state index contributed by atoms with van der Waals surface area (Å²) >= 11 is 1.66. The monoisotopic (exact) mass is 317 g/mol. The van der Waals surface area contributed by atoms with Gasteiger partial charge in [0.25, 0.3) is 0 Å². The molecule has 1 amide bonds. The first-order valence-corrected chi connectivity index (χ1v) is 8.83. The van der Waals surface area contributed by atoms with E-state index in [1.165, 1.54) is 0 Å². The Balaban J connectivity index is 2.97. The van der Waals surface area contributed by atoms with E-state index in [4.69, 9.17) is 9.47 Å². The van der Waals surface area contributed by atoms with Gasteiger partial charge in [-0.25, -0.2) is 9.59 Å². The number of nitrogens with zero attached hydrogens (tertiary/aromatic N) is 1. The molecule has 1 rings (SSSR count). The molecule has 0 N–H and O–H groups in total. The van der Waals surface area contributed by atoms with E-state index in [2.05, 4.69) is 0 Å². The van der Waals surface area contributed by atoms with Crippen molar-refractivity contribution in [1.82, 2.24) is 4.90 Å². The number of rotatable bonds is 5. The van der Waals surface area contributed by atoms with Crippen LogP contribution in [0, 0.1) is 0 Å². The summed E-state index contributed by atoms with van der Waals surface area (Å²) in [5.41, 5.74) is -1.43.